The Bertz CT molecular complexity index is 1100. The monoisotopic (exact) mass is 367 g/mol. The van der Waals surface area contributed by atoms with Crippen molar-refractivity contribution in [2.24, 2.45) is 0 Å². The molecule has 0 bridgehead atoms. The summed E-state index contributed by atoms with van der Waals surface area (Å²) >= 11 is 1.47. The molecular formula is C19H17N3O3S. The van der Waals surface area contributed by atoms with Crippen molar-refractivity contribution in [3.05, 3.63) is 59.5 Å². The van der Waals surface area contributed by atoms with Gasteiger partial charge in [0.25, 0.3) is 0 Å². The molecule has 0 radical (unpaired) electrons. The molecular weight excluding hydrogens is 350 g/mol. The molecule has 132 valence electrons. The van der Waals surface area contributed by atoms with E-state index in [1.807, 2.05) is 22.6 Å². The van der Waals surface area contributed by atoms with E-state index in [1.165, 1.54) is 18.0 Å². The molecule has 0 amide bonds. The fourth-order valence-corrected chi connectivity index (χ4v) is 3.84. The number of esters is 1. The van der Waals surface area contributed by atoms with Crippen LogP contribution in [-0.4, -0.2) is 27.2 Å². The van der Waals surface area contributed by atoms with E-state index < -0.39 is 0 Å². The van der Waals surface area contributed by atoms with Crippen molar-refractivity contribution >= 4 is 34.3 Å². The summed E-state index contributed by atoms with van der Waals surface area (Å²) in [5.41, 5.74) is 3.47. The van der Waals surface area contributed by atoms with Gasteiger partial charge in [-0.25, -0.2) is 4.79 Å². The van der Waals surface area contributed by atoms with Gasteiger partial charge in [0.05, 0.1) is 24.1 Å². The lowest BCUT2D eigenvalue weighted by molar-refractivity contribution is 0.0524. The maximum absolute atomic E-state index is 12.0. The molecule has 4 rings (SSSR count). The lowest BCUT2D eigenvalue weighted by Gasteiger charge is -2.07. The molecule has 7 heteroatoms. The van der Waals surface area contributed by atoms with Crippen LogP contribution in [0.4, 0.5) is 0 Å². The molecule has 0 atom stereocenters. The molecule has 3 heterocycles. The number of benzene rings is 1. The second-order valence-corrected chi connectivity index (χ2v) is 6.73. The molecule has 3 aromatic heterocycles. The Morgan fingerprint density at radius 1 is 1.27 bits per heavy atom. The van der Waals surface area contributed by atoms with Crippen LogP contribution in [0.15, 0.2) is 52.2 Å². The first-order valence-electron chi connectivity index (χ1n) is 8.28. The lowest BCUT2D eigenvalue weighted by Crippen LogP contribution is -2.05. The third-order valence-electron chi connectivity index (χ3n) is 4.15. The molecule has 0 aliphatic rings. The SMILES string of the molecule is CCOC(=O)c1ccoc1CSc1nnc2cc(C)c3ccccc3n12. The highest BCUT2D eigenvalue weighted by molar-refractivity contribution is 7.98. The number of hydrogen-bond acceptors (Lipinski definition) is 6. The molecule has 0 fully saturated rings. The van der Waals surface area contributed by atoms with Gasteiger partial charge in [0, 0.05) is 5.39 Å². The maximum Gasteiger partial charge on any atom is 0.341 e. The largest absolute Gasteiger partial charge is 0.468 e. The first kappa shape index (κ1) is 16.7. The minimum atomic E-state index is -0.371. The Labute approximate surface area is 154 Å². The van der Waals surface area contributed by atoms with Gasteiger partial charge >= 0.3 is 5.97 Å². The third kappa shape index (κ3) is 2.84. The number of para-hydroxylation sites is 1. The molecule has 26 heavy (non-hydrogen) atoms. The minimum absolute atomic E-state index is 0.330. The predicted molar refractivity (Wildman–Crippen MR) is 99.5 cm³/mol. The van der Waals surface area contributed by atoms with E-state index in [1.54, 1.807) is 13.0 Å². The molecule has 6 nitrogen and oxygen atoms in total. The van der Waals surface area contributed by atoms with Crippen molar-refractivity contribution < 1.29 is 13.9 Å². The van der Waals surface area contributed by atoms with E-state index >= 15 is 0 Å². The topological polar surface area (TPSA) is 69.6 Å². The number of thioether (sulfide) groups is 1. The van der Waals surface area contributed by atoms with Gasteiger partial charge in [-0.05, 0) is 37.6 Å². The summed E-state index contributed by atoms with van der Waals surface area (Å²) in [4.78, 5) is 12.0. The van der Waals surface area contributed by atoms with Gasteiger partial charge in [-0.1, -0.05) is 30.0 Å². The first-order chi connectivity index (χ1) is 12.7. The van der Waals surface area contributed by atoms with Crippen molar-refractivity contribution in [3.8, 4) is 0 Å². The van der Waals surface area contributed by atoms with Gasteiger partial charge in [-0.15, -0.1) is 10.2 Å². The number of nitrogens with zero attached hydrogens (tertiary/aromatic N) is 3. The molecule has 0 spiro atoms. The Hall–Kier alpha value is -2.80. The average Bonchev–Trinajstić information content (AvgIpc) is 3.27. The van der Waals surface area contributed by atoms with E-state index in [0.29, 0.717) is 23.7 Å². The quantitative estimate of drug-likeness (QED) is 0.388. The van der Waals surface area contributed by atoms with Crippen LogP contribution in [0.1, 0.15) is 28.6 Å². The fourth-order valence-electron chi connectivity index (χ4n) is 2.94. The van der Waals surface area contributed by atoms with Crippen LogP contribution in [0.3, 0.4) is 0 Å². The van der Waals surface area contributed by atoms with Gasteiger partial charge in [0.1, 0.15) is 11.3 Å². The standard InChI is InChI=1S/C19H17N3O3S/c1-3-24-18(23)14-8-9-25-16(14)11-26-19-21-20-17-10-12(2)13-6-4-5-7-15(13)22(17)19/h4-10H,3,11H2,1-2H3. The van der Waals surface area contributed by atoms with E-state index in [2.05, 4.69) is 29.3 Å². The summed E-state index contributed by atoms with van der Waals surface area (Å²) in [7, 11) is 0. The van der Waals surface area contributed by atoms with E-state index in [4.69, 9.17) is 9.15 Å². The van der Waals surface area contributed by atoms with Crippen molar-refractivity contribution in [3.63, 3.8) is 0 Å². The van der Waals surface area contributed by atoms with Gasteiger partial charge in [-0.3, -0.25) is 4.40 Å². The summed E-state index contributed by atoms with van der Waals surface area (Å²) in [6, 6.07) is 11.8. The number of carbonyl (C=O) groups excluding carboxylic acids is 1. The molecule has 4 aromatic rings. The van der Waals surface area contributed by atoms with Crippen LogP contribution in [0.5, 0.6) is 0 Å². The Morgan fingerprint density at radius 3 is 2.96 bits per heavy atom. The Kier molecular flexibility index (Phi) is 4.38. The van der Waals surface area contributed by atoms with Crippen molar-refractivity contribution in [2.75, 3.05) is 6.61 Å². The van der Waals surface area contributed by atoms with Crippen LogP contribution in [0, 0.1) is 6.92 Å². The summed E-state index contributed by atoms with van der Waals surface area (Å²) < 4.78 is 12.6. The fraction of sp³-hybridized carbons (Fsp3) is 0.211. The highest BCUT2D eigenvalue weighted by atomic mass is 32.2. The zero-order chi connectivity index (χ0) is 18.1. The number of aromatic nitrogens is 3. The molecule has 0 saturated carbocycles. The van der Waals surface area contributed by atoms with Crippen LogP contribution in [0.2, 0.25) is 0 Å². The zero-order valence-electron chi connectivity index (χ0n) is 14.4. The van der Waals surface area contributed by atoms with E-state index in [0.717, 1.165) is 27.3 Å². The third-order valence-corrected chi connectivity index (χ3v) is 5.08. The minimum Gasteiger partial charge on any atom is -0.468 e. The number of pyridine rings is 1. The predicted octanol–water partition coefficient (Wildman–Crippen LogP) is 4.25. The van der Waals surface area contributed by atoms with Crippen LogP contribution < -0.4 is 0 Å². The zero-order valence-corrected chi connectivity index (χ0v) is 15.2. The summed E-state index contributed by atoms with van der Waals surface area (Å²) in [5.74, 6) is 0.662. The first-order valence-corrected chi connectivity index (χ1v) is 9.27. The number of furan rings is 1. The Morgan fingerprint density at radius 2 is 2.12 bits per heavy atom. The van der Waals surface area contributed by atoms with Gasteiger partial charge in [0.15, 0.2) is 10.8 Å². The van der Waals surface area contributed by atoms with E-state index in [-0.39, 0.29) is 5.97 Å². The highest BCUT2D eigenvalue weighted by Gasteiger charge is 2.18. The van der Waals surface area contributed by atoms with Gasteiger partial charge in [-0.2, -0.15) is 0 Å². The average molecular weight is 367 g/mol. The molecule has 0 aliphatic heterocycles. The van der Waals surface area contributed by atoms with E-state index in [9.17, 15) is 4.79 Å². The molecule has 0 N–H and O–H groups in total. The van der Waals surface area contributed by atoms with Crippen LogP contribution in [-0.2, 0) is 10.5 Å². The molecule has 0 saturated heterocycles. The number of hydrogen-bond donors (Lipinski definition) is 0. The Balaban J connectivity index is 1.68. The lowest BCUT2D eigenvalue weighted by atomic mass is 10.1. The summed E-state index contributed by atoms with van der Waals surface area (Å²) in [6.07, 6.45) is 1.50. The smallest absolute Gasteiger partial charge is 0.341 e. The maximum atomic E-state index is 12.0. The number of rotatable bonds is 5. The molecule has 1 aromatic carbocycles. The summed E-state index contributed by atoms with van der Waals surface area (Å²) in [6.45, 7) is 4.18. The van der Waals surface area contributed by atoms with Crippen molar-refractivity contribution in [1.29, 1.82) is 0 Å². The number of fused-ring (bicyclic) bond motifs is 3. The van der Waals surface area contributed by atoms with Gasteiger partial charge < -0.3 is 9.15 Å². The summed E-state index contributed by atoms with van der Waals surface area (Å²) in [5, 5.41) is 10.5. The van der Waals surface area contributed by atoms with Crippen molar-refractivity contribution in [1.82, 2.24) is 14.6 Å². The number of carbonyl (C=O) groups is 1. The molecule has 0 unspecified atom stereocenters. The normalized spacial score (nSPS) is 11.3. The highest BCUT2D eigenvalue weighted by Crippen LogP contribution is 2.28. The van der Waals surface area contributed by atoms with Gasteiger partial charge in [0.2, 0.25) is 0 Å². The van der Waals surface area contributed by atoms with Crippen molar-refractivity contribution in [2.45, 2.75) is 24.8 Å². The second kappa shape index (κ2) is 6.84. The number of ether oxygens (including phenoxy) is 1. The van der Waals surface area contributed by atoms with Crippen LogP contribution >= 0.6 is 11.8 Å². The van der Waals surface area contributed by atoms with Crippen LogP contribution in [0.25, 0.3) is 16.6 Å². The number of aryl methyl sites for hydroxylation is 1. The second-order valence-electron chi connectivity index (χ2n) is 5.79. The molecule has 0 aliphatic carbocycles.